The van der Waals surface area contributed by atoms with E-state index in [1.165, 1.54) is 6.08 Å². The van der Waals surface area contributed by atoms with Crippen LogP contribution in [0.3, 0.4) is 0 Å². The van der Waals surface area contributed by atoms with E-state index in [0.29, 0.717) is 29.2 Å². The molecule has 140 valence electrons. The van der Waals surface area contributed by atoms with Crippen molar-refractivity contribution in [2.75, 3.05) is 20.1 Å². The summed E-state index contributed by atoms with van der Waals surface area (Å²) >= 11 is 5.78. The van der Waals surface area contributed by atoms with Gasteiger partial charge in [-0.15, -0.1) is 0 Å². The van der Waals surface area contributed by atoms with Crippen LogP contribution in [0, 0.1) is 0 Å². The maximum absolute atomic E-state index is 11.9. The molecule has 0 bridgehead atoms. The molecule has 2 aromatic rings. The quantitative estimate of drug-likeness (QED) is 0.504. The molecule has 0 aliphatic carbocycles. The zero-order chi connectivity index (χ0) is 19.6. The van der Waals surface area contributed by atoms with Crippen molar-refractivity contribution in [3.8, 4) is 0 Å². The van der Waals surface area contributed by atoms with E-state index in [2.05, 4.69) is 16.0 Å². The summed E-state index contributed by atoms with van der Waals surface area (Å²) in [6.07, 6.45) is 3.05. The van der Waals surface area contributed by atoms with Crippen molar-refractivity contribution in [1.29, 1.82) is 0 Å². The van der Waals surface area contributed by atoms with Crippen LogP contribution >= 0.6 is 11.6 Å². The van der Waals surface area contributed by atoms with Gasteiger partial charge in [0.05, 0.1) is 0 Å². The molecule has 0 saturated heterocycles. The zero-order valence-electron chi connectivity index (χ0n) is 14.8. The molecule has 0 fully saturated rings. The highest BCUT2D eigenvalue weighted by Crippen LogP contribution is 2.09. The highest BCUT2D eigenvalue weighted by Gasteiger charge is 2.04. The van der Waals surface area contributed by atoms with E-state index in [1.54, 1.807) is 61.7 Å². The predicted molar refractivity (Wildman–Crippen MR) is 106 cm³/mol. The summed E-state index contributed by atoms with van der Waals surface area (Å²) in [4.78, 5) is 35.2. The smallest absolute Gasteiger partial charge is 0.251 e. The lowest BCUT2D eigenvalue weighted by molar-refractivity contribution is -0.116. The Kier molecular flexibility index (Phi) is 7.58. The molecule has 0 heterocycles. The fourth-order valence-electron chi connectivity index (χ4n) is 2.19. The number of carbonyl (C=O) groups is 3. The number of hydrogen-bond donors (Lipinski definition) is 3. The van der Waals surface area contributed by atoms with Gasteiger partial charge in [-0.1, -0.05) is 23.7 Å². The standard InChI is InChI=1S/C20H20ClN3O3/c1-22-19(26)15-5-2-14(3-6-15)4-11-18(25)23-12-13-24-20(27)16-7-9-17(21)10-8-16/h2-11H,12-13H2,1H3,(H,22,26)(H,23,25)(H,24,27)/b11-4+. The molecule has 0 radical (unpaired) electrons. The predicted octanol–water partition coefficient (Wildman–Crippen LogP) is 2.26. The minimum atomic E-state index is -0.272. The topological polar surface area (TPSA) is 87.3 Å². The molecule has 0 atom stereocenters. The molecule has 2 aromatic carbocycles. The van der Waals surface area contributed by atoms with Gasteiger partial charge in [-0.05, 0) is 48.0 Å². The van der Waals surface area contributed by atoms with E-state index in [0.717, 1.165) is 5.56 Å². The third-order valence-corrected chi connectivity index (χ3v) is 3.90. The zero-order valence-corrected chi connectivity index (χ0v) is 15.5. The molecule has 0 unspecified atom stereocenters. The van der Waals surface area contributed by atoms with Gasteiger partial charge in [0.1, 0.15) is 0 Å². The van der Waals surface area contributed by atoms with Crippen molar-refractivity contribution < 1.29 is 14.4 Å². The van der Waals surface area contributed by atoms with Crippen molar-refractivity contribution in [2.24, 2.45) is 0 Å². The lowest BCUT2D eigenvalue weighted by Crippen LogP contribution is -2.33. The van der Waals surface area contributed by atoms with Crippen LogP contribution in [0.5, 0.6) is 0 Å². The number of carbonyl (C=O) groups excluding carboxylic acids is 3. The molecule has 2 rings (SSSR count). The Balaban J connectivity index is 1.72. The Morgan fingerprint density at radius 2 is 1.41 bits per heavy atom. The van der Waals surface area contributed by atoms with Gasteiger partial charge in [-0.2, -0.15) is 0 Å². The first-order chi connectivity index (χ1) is 13.0. The van der Waals surface area contributed by atoms with E-state index in [9.17, 15) is 14.4 Å². The average Bonchev–Trinajstić information content (AvgIpc) is 2.69. The molecule has 0 aromatic heterocycles. The summed E-state index contributed by atoms with van der Waals surface area (Å²) in [5.74, 6) is -0.664. The number of benzene rings is 2. The number of nitrogens with one attached hydrogen (secondary N) is 3. The van der Waals surface area contributed by atoms with Gasteiger partial charge in [-0.3, -0.25) is 14.4 Å². The second-order valence-corrected chi connectivity index (χ2v) is 6.02. The summed E-state index contributed by atoms with van der Waals surface area (Å²) in [6.45, 7) is 0.611. The van der Waals surface area contributed by atoms with Crippen LogP contribution in [0.4, 0.5) is 0 Å². The number of halogens is 1. The Morgan fingerprint density at radius 3 is 2.04 bits per heavy atom. The van der Waals surface area contributed by atoms with Crippen LogP contribution in [0.15, 0.2) is 54.6 Å². The van der Waals surface area contributed by atoms with Gasteiger partial charge < -0.3 is 16.0 Å². The number of rotatable bonds is 7. The molecule has 0 spiro atoms. The second-order valence-electron chi connectivity index (χ2n) is 5.59. The Bertz CT molecular complexity index is 831. The maximum Gasteiger partial charge on any atom is 0.251 e. The molecule has 3 N–H and O–H groups in total. The maximum atomic E-state index is 11.9. The van der Waals surface area contributed by atoms with Crippen LogP contribution in [0.1, 0.15) is 26.3 Å². The van der Waals surface area contributed by atoms with Crippen LogP contribution < -0.4 is 16.0 Å². The van der Waals surface area contributed by atoms with Crippen LogP contribution in [0.25, 0.3) is 6.08 Å². The fraction of sp³-hybridized carbons (Fsp3) is 0.150. The van der Waals surface area contributed by atoms with Crippen molar-refractivity contribution in [3.05, 3.63) is 76.3 Å². The molecule has 0 aliphatic heterocycles. The lowest BCUT2D eigenvalue weighted by Gasteiger charge is -2.06. The Morgan fingerprint density at radius 1 is 0.852 bits per heavy atom. The van der Waals surface area contributed by atoms with Crippen molar-refractivity contribution in [1.82, 2.24) is 16.0 Å². The average molecular weight is 386 g/mol. The van der Waals surface area contributed by atoms with Crippen molar-refractivity contribution in [2.45, 2.75) is 0 Å². The first-order valence-electron chi connectivity index (χ1n) is 8.31. The second kappa shape index (κ2) is 10.1. The van der Waals surface area contributed by atoms with Gasteiger partial charge >= 0.3 is 0 Å². The molecule has 0 saturated carbocycles. The van der Waals surface area contributed by atoms with Crippen molar-refractivity contribution >= 4 is 35.4 Å². The molecular weight excluding hydrogens is 366 g/mol. The van der Waals surface area contributed by atoms with Gasteiger partial charge in [-0.25, -0.2) is 0 Å². The highest BCUT2D eigenvalue weighted by molar-refractivity contribution is 6.30. The van der Waals surface area contributed by atoms with Gasteiger partial charge in [0.2, 0.25) is 5.91 Å². The highest BCUT2D eigenvalue weighted by atomic mass is 35.5. The number of amides is 3. The van der Waals surface area contributed by atoms with Gasteiger partial charge in [0, 0.05) is 42.4 Å². The molecule has 0 aliphatic rings. The monoisotopic (exact) mass is 385 g/mol. The first-order valence-corrected chi connectivity index (χ1v) is 8.69. The van der Waals surface area contributed by atoms with E-state index in [-0.39, 0.29) is 17.7 Å². The fourth-order valence-corrected chi connectivity index (χ4v) is 2.31. The summed E-state index contributed by atoms with van der Waals surface area (Å²) in [5.41, 5.74) is 1.86. The first kappa shape index (κ1) is 20.2. The van der Waals surface area contributed by atoms with Crippen molar-refractivity contribution in [3.63, 3.8) is 0 Å². The SMILES string of the molecule is CNC(=O)c1ccc(/C=C/C(=O)NCCNC(=O)c2ccc(Cl)cc2)cc1. The lowest BCUT2D eigenvalue weighted by atomic mass is 10.1. The summed E-state index contributed by atoms with van der Waals surface area (Å²) < 4.78 is 0. The Labute approximate surface area is 162 Å². The van der Waals surface area contributed by atoms with Crippen LogP contribution in [-0.4, -0.2) is 37.9 Å². The van der Waals surface area contributed by atoms with E-state index in [1.807, 2.05) is 0 Å². The minimum Gasteiger partial charge on any atom is -0.355 e. The normalized spacial score (nSPS) is 10.4. The third-order valence-electron chi connectivity index (χ3n) is 3.64. The molecule has 27 heavy (non-hydrogen) atoms. The number of hydrogen-bond acceptors (Lipinski definition) is 3. The summed E-state index contributed by atoms with van der Waals surface area (Å²) in [6, 6.07) is 13.4. The van der Waals surface area contributed by atoms with E-state index >= 15 is 0 Å². The molecule has 6 nitrogen and oxygen atoms in total. The van der Waals surface area contributed by atoms with Gasteiger partial charge in [0.25, 0.3) is 11.8 Å². The third kappa shape index (κ3) is 6.60. The summed E-state index contributed by atoms with van der Waals surface area (Å²) in [7, 11) is 1.57. The molecule has 3 amide bonds. The van der Waals surface area contributed by atoms with Gasteiger partial charge in [0.15, 0.2) is 0 Å². The minimum absolute atomic E-state index is 0.163. The van der Waals surface area contributed by atoms with E-state index in [4.69, 9.17) is 11.6 Å². The van der Waals surface area contributed by atoms with Crippen LogP contribution in [-0.2, 0) is 4.79 Å². The molecule has 7 heteroatoms. The molecular formula is C20H20ClN3O3. The summed E-state index contributed by atoms with van der Waals surface area (Å²) in [5, 5.41) is 8.50. The Hall–Kier alpha value is -3.12. The van der Waals surface area contributed by atoms with E-state index < -0.39 is 0 Å². The van der Waals surface area contributed by atoms with Crippen LogP contribution in [0.2, 0.25) is 5.02 Å². The largest absolute Gasteiger partial charge is 0.355 e.